The van der Waals surface area contributed by atoms with Crippen molar-refractivity contribution in [1.29, 1.82) is 0 Å². The number of rotatable bonds is 9. The molecule has 2 heterocycles. The number of nitrogens with one attached hydrogen (secondary N) is 1. The molecule has 1 aromatic heterocycles. The van der Waals surface area contributed by atoms with E-state index >= 15 is 0 Å². The summed E-state index contributed by atoms with van der Waals surface area (Å²) in [5.41, 5.74) is 3.06. The average molecular weight is 464 g/mol. The Morgan fingerprint density at radius 1 is 1.12 bits per heavy atom. The number of amides is 1. The molecule has 1 fully saturated rings. The molecule has 1 saturated heterocycles. The Morgan fingerprint density at radius 2 is 2.03 bits per heavy atom. The number of methoxy groups -OCH3 is 2. The molecule has 0 spiro atoms. The van der Waals surface area contributed by atoms with Gasteiger partial charge in [-0.3, -0.25) is 9.69 Å². The second kappa shape index (κ2) is 11.2. The lowest BCUT2D eigenvalue weighted by atomic mass is 10.0. The first-order chi connectivity index (χ1) is 16.2. The second-order valence-corrected chi connectivity index (χ2v) is 8.94. The highest BCUT2D eigenvalue weighted by atomic mass is 32.2. The van der Waals surface area contributed by atoms with Gasteiger partial charge in [0, 0.05) is 35.3 Å². The first kappa shape index (κ1) is 23.1. The monoisotopic (exact) mass is 463 g/mol. The maximum absolute atomic E-state index is 12.9. The Kier molecular flexibility index (Phi) is 7.86. The minimum Gasteiger partial charge on any atom is -0.497 e. The SMILES string of the molecule is COc1ccc(C2CCCN2CC(=O)Nc2cccc(CSc3ccccn3)c2)c(OC)c1. The molecule has 1 aliphatic heterocycles. The summed E-state index contributed by atoms with van der Waals surface area (Å²) in [5, 5.41) is 4.06. The lowest BCUT2D eigenvalue weighted by molar-refractivity contribution is -0.117. The van der Waals surface area contributed by atoms with Gasteiger partial charge in [0.2, 0.25) is 5.91 Å². The van der Waals surface area contributed by atoms with E-state index < -0.39 is 0 Å². The highest BCUT2D eigenvalue weighted by Gasteiger charge is 2.29. The van der Waals surface area contributed by atoms with Crippen molar-refractivity contribution in [3.05, 3.63) is 78.0 Å². The van der Waals surface area contributed by atoms with Crippen molar-refractivity contribution >= 4 is 23.4 Å². The molecule has 1 unspecified atom stereocenters. The minimum absolute atomic E-state index is 0.0103. The van der Waals surface area contributed by atoms with Crippen LogP contribution >= 0.6 is 11.8 Å². The fourth-order valence-corrected chi connectivity index (χ4v) is 4.98. The summed E-state index contributed by atoms with van der Waals surface area (Å²) in [7, 11) is 3.32. The molecule has 1 aliphatic rings. The fourth-order valence-electron chi connectivity index (χ4n) is 4.17. The number of pyridine rings is 1. The van der Waals surface area contributed by atoms with Crippen molar-refractivity contribution in [2.75, 3.05) is 32.6 Å². The average Bonchev–Trinajstić information content (AvgIpc) is 3.30. The number of nitrogens with zero attached hydrogens (tertiary/aromatic N) is 2. The number of likely N-dealkylation sites (tertiary alicyclic amines) is 1. The molecule has 7 heteroatoms. The summed E-state index contributed by atoms with van der Waals surface area (Å²) < 4.78 is 10.9. The van der Waals surface area contributed by atoms with Crippen LogP contribution in [-0.4, -0.2) is 43.1 Å². The molecule has 0 saturated carbocycles. The van der Waals surface area contributed by atoms with Gasteiger partial charge in [0.25, 0.3) is 0 Å². The topological polar surface area (TPSA) is 63.7 Å². The molecule has 33 heavy (non-hydrogen) atoms. The summed E-state index contributed by atoms with van der Waals surface area (Å²) in [4.78, 5) is 19.4. The van der Waals surface area contributed by atoms with E-state index in [4.69, 9.17) is 9.47 Å². The fraction of sp³-hybridized carbons (Fsp3) is 0.308. The van der Waals surface area contributed by atoms with Gasteiger partial charge in [-0.15, -0.1) is 11.8 Å². The van der Waals surface area contributed by atoms with E-state index in [1.165, 1.54) is 0 Å². The Labute approximate surface area is 199 Å². The van der Waals surface area contributed by atoms with Gasteiger partial charge in [-0.1, -0.05) is 24.3 Å². The number of aromatic nitrogens is 1. The number of anilines is 1. The van der Waals surface area contributed by atoms with Crippen LogP contribution in [0.5, 0.6) is 11.5 Å². The maximum Gasteiger partial charge on any atom is 0.238 e. The van der Waals surface area contributed by atoms with Crippen molar-refractivity contribution in [2.45, 2.75) is 29.7 Å². The van der Waals surface area contributed by atoms with Crippen LogP contribution in [0.1, 0.15) is 30.0 Å². The highest BCUT2D eigenvalue weighted by Crippen LogP contribution is 2.38. The van der Waals surface area contributed by atoms with Gasteiger partial charge in [0.1, 0.15) is 11.5 Å². The first-order valence-corrected chi connectivity index (χ1v) is 12.0. The van der Waals surface area contributed by atoms with Gasteiger partial charge in [-0.05, 0) is 55.3 Å². The van der Waals surface area contributed by atoms with E-state index in [1.807, 2.05) is 54.6 Å². The van der Waals surface area contributed by atoms with Crippen LogP contribution in [0.4, 0.5) is 5.69 Å². The summed E-state index contributed by atoms with van der Waals surface area (Å²) >= 11 is 1.68. The van der Waals surface area contributed by atoms with Crippen molar-refractivity contribution in [3.8, 4) is 11.5 Å². The smallest absolute Gasteiger partial charge is 0.238 e. The summed E-state index contributed by atoms with van der Waals surface area (Å²) in [6.45, 7) is 1.22. The highest BCUT2D eigenvalue weighted by molar-refractivity contribution is 7.98. The number of carbonyl (C=O) groups is 1. The Balaban J connectivity index is 1.37. The number of hydrogen-bond donors (Lipinski definition) is 1. The number of hydrogen-bond acceptors (Lipinski definition) is 6. The molecule has 6 nitrogen and oxygen atoms in total. The third kappa shape index (κ3) is 6.06. The molecule has 172 valence electrons. The predicted molar refractivity (Wildman–Crippen MR) is 132 cm³/mol. The van der Waals surface area contributed by atoms with E-state index in [9.17, 15) is 4.79 Å². The van der Waals surface area contributed by atoms with Crippen molar-refractivity contribution in [1.82, 2.24) is 9.88 Å². The van der Waals surface area contributed by atoms with E-state index in [1.54, 1.807) is 32.2 Å². The van der Waals surface area contributed by atoms with Gasteiger partial charge < -0.3 is 14.8 Å². The molecule has 3 aromatic rings. The Morgan fingerprint density at radius 3 is 2.82 bits per heavy atom. The zero-order valence-electron chi connectivity index (χ0n) is 19.0. The van der Waals surface area contributed by atoms with Crippen LogP contribution in [0.15, 0.2) is 71.9 Å². The van der Waals surface area contributed by atoms with Crippen molar-refractivity contribution < 1.29 is 14.3 Å². The molecule has 2 aromatic carbocycles. The minimum atomic E-state index is -0.0103. The lowest BCUT2D eigenvalue weighted by Gasteiger charge is -2.26. The number of thioether (sulfide) groups is 1. The standard InChI is InChI=1S/C26H29N3O3S/c1-31-21-11-12-22(24(16-21)32-2)23-9-6-14-29(23)17-25(30)28-20-8-5-7-19(15-20)18-33-26-10-3-4-13-27-26/h3-5,7-8,10-13,15-16,23H,6,9,14,17-18H2,1-2H3,(H,28,30). The Bertz CT molecular complexity index is 1080. The van der Waals surface area contributed by atoms with Gasteiger partial charge in [0.05, 0.1) is 25.8 Å². The van der Waals surface area contributed by atoms with E-state index in [2.05, 4.69) is 21.3 Å². The van der Waals surface area contributed by atoms with Crippen LogP contribution in [0, 0.1) is 0 Å². The number of carbonyl (C=O) groups excluding carboxylic acids is 1. The van der Waals surface area contributed by atoms with E-state index in [0.717, 1.165) is 58.5 Å². The molecular formula is C26H29N3O3S. The van der Waals surface area contributed by atoms with Crippen molar-refractivity contribution in [3.63, 3.8) is 0 Å². The van der Waals surface area contributed by atoms with Crippen LogP contribution in [-0.2, 0) is 10.5 Å². The largest absolute Gasteiger partial charge is 0.497 e. The normalized spacial score (nSPS) is 15.9. The first-order valence-electron chi connectivity index (χ1n) is 11.0. The van der Waals surface area contributed by atoms with Crippen LogP contribution in [0.2, 0.25) is 0 Å². The third-order valence-corrected chi connectivity index (χ3v) is 6.76. The molecule has 1 N–H and O–H groups in total. The number of benzene rings is 2. The molecule has 0 bridgehead atoms. The lowest BCUT2D eigenvalue weighted by Crippen LogP contribution is -2.33. The molecule has 4 rings (SSSR count). The summed E-state index contributed by atoms with van der Waals surface area (Å²) in [6, 6.07) is 19.9. The Hall–Kier alpha value is -3.03. The van der Waals surface area contributed by atoms with Crippen LogP contribution in [0.3, 0.4) is 0 Å². The van der Waals surface area contributed by atoms with E-state index in [-0.39, 0.29) is 11.9 Å². The van der Waals surface area contributed by atoms with Crippen molar-refractivity contribution in [2.24, 2.45) is 0 Å². The quantitative estimate of drug-likeness (QED) is 0.442. The molecule has 0 aliphatic carbocycles. The summed E-state index contributed by atoms with van der Waals surface area (Å²) in [6.07, 6.45) is 3.84. The molecule has 1 atom stereocenters. The van der Waals surface area contributed by atoms with Gasteiger partial charge in [-0.25, -0.2) is 4.98 Å². The molecule has 1 amide bonds. The zero-order chi connectivity index (χ0) is 23.0. The second-order valence-electron chi connectivity index (χ2n) is 7.94. The maximum atomic E-state index is 12.9. The van der Waals surface area contributed by atoms with Gasteiger partial charge >= 0.3 is 0 Å². The molecule has 0 radical (unpaired) electrons. The van der Waals surface area contributed by atoms with E-state index in [0.29, 0.717) is 6.54 Å². The van der Waals surface area contributed by atoms with Crippen LogP contribution < -0.4 is 14.8 Å². The van der Waals surface area contributed by atoms with Crippen LogP contribution in [0.25, 0.3) is 0 Å². The summed E-state index contributed by atoms with van der Waals surface area (Å²) in [5.74, 6) is 2.35. The predicted octanol–water partition coefficient (Wildman–Crippen LogP) is 5.17. The number of ether oxygens (including phenoxy) is 2. The van der Waals surface area contributed by atoms with Gasteiger partial charge in [0.15, 0.2) is 0 Å². The zero-order valence-corrected chi connectivity index (χ0v) is 19.8. The molecular weight excluding hydrogens is 434 g/mol. The van der Waals surface area contributed by atoms with Gasteiger partial charge in [-0.2, -0.15) is 0 Å². The third-order valence-electron chi connectivity index (χ3n) is 5.75.